The second kappa shape index (κ2) is 11.7. The van der Waals surface area contributed by atoms with Crippen LogP contribution in [0.5, 0.6) is 5.75 Å². The van der Waals surface area contributed by atoms with Gasteiger partial charge in [0.2, 0.25) is 0 Å². The zero-order valence-corrected chi connectivity index (χ0v) is 21.2. The monoisotopic (exact) mass is 498 g/mol. The molecule has 0 heterocycles. The van der Waals surface area contributed by atoms with Crippen molar-refractivity contribution in [2.45, 2.75) is 25.3 Å². The second-order valence-corrected chi connectivity index (χ2v) is 9.54. The molecule has 0 aromatic heterocycles. The lowest BCUT2D eigenvalue weighted by molar-refractivity contribution is 0.415. The smallest absolute Gasteiger partial charge is 0.264 e. The quantitative estimate of drug-likeness (QED) is 0.346. The average Bonchev–Trinajstić information content (AvgIpc) is 2.85. The van der Waals surface area contributed by atoms with Crippen LogP contribution in [-0.2, 0) is 16.6 Å². The highest BCUT2D eigenvalue weighted by Gasteiger charge is 2.22. The Morgan fingerprint density at radius 2 is 1.59 bits per heavy atom. The largest absolute Gasteiger partial charge is 0.497 e. The van der Waals surface area contributed by atoms with Crippen LogP contribution >= 0.6 is 12.2 Å². The van der Waals surface area contributed by atoms with Crippen LogP contribution in [-0.4, -0.2) is 33.7 Å². The van der Waals surface area contributed by atoms with Crippen molar-refractivity contribution in [2.75, 3.05) is 35.1 Å². The fourth-order valence-corrected chi connectivity index (χ4v) is 4.96. The molecule has 0 radical (unpaired) electrons. The third-order valence-electron chi connectivity index (χ3n) is 5.25. The third kappa shape index (κ3) is 6.61. The van der Waals surface area contributed by atoms with E-state index in [0.29, 0.717) is 47.6 Å². The summed E-state index contributed by atoms with van der Waals surface area (Å²) in [5.74, 6) is 0.648. The Kier molecular flexibility index (Phi) is 8.72. The van der Waals surface area contributed by atoms with Crippen LogP contribution in [0.3, 0.4) is 0 Å². The van der Waals surface area contributed by atoms with E-state index in [1.54, 1.807) is 43.5 Å². The fourth-order valence-electron chi connectivity index (χ4n) is 3.46. The summed E-state index contributed by atoms with van der Waals surface area (Å²) in [6.07, 6.45) is 0. The molecular formula is C25H30N4O3S2. The normalized spacial score (nSPS) is 10.9. The first kappa shape index (κ1) is 25.3. The first-order valence-electron chi connectivity index (χ1n) is 11.0. The summed E-state index contributed by atoms with van der Waals surface area (Å²) in [4.78, 5) is 2.17. The molecule has 0 spiro atoms. The van der Waals surface area contributed by atoms with E-state index in [0.717, 1.165) is 5.56 Å². The Morgan fingerprint density at radius 1 is 0.941 bits per heavy atom. The van der Waals surface area contributed by atoms with Gasteiger partial charge in [-0.3, -0.25) is 4.72 Å². The number of thiocarbonyl (C=S) groups is 1. The van der Waals surface area contributed by atoms with Gasteiger partial charge in [-0.15, -0.1) is 0 Å². The van der Waals surface area contributed by atoms with Crippen LogP contribution in [0, 0.1) is 0 Å². The van der Waals surface area contributed by atoms with Crippen molar-refractivity contribution in [1.82, 2.24) is 5.32 Å². The number of nitrogens with one attached hydrogen (secondary N) is 3. The lowest BCUT2D eigenvalue weighted by Gasteiger charge is -2.25. The fraction of sp³-hybridized carbons (Fsp3) is 0.240. The zero-order chi connectivity index (χ0) is 24.6. The summed E-state index contributed by atoms with van der Waals surface area (Å²) in [5, 5.41) is 6.66. The molecule has 0 saturated heterocycles. The van der Waals surface area contributed by atoms with Gasteiger partial charge in [0.15, 0.2) is 5.11 Å². The third-order valence-corrected chi connectivity index (χ3v) is 6.91. The van der Waals surface area contributed by atoms with Gasteiger partial charge in [-0.05, 0) is 74.1 Å². The highest BCUT2D eigenvalue weighted by molar-refractivity contribution is 7.93. The molecule has 0 aliphatic heterocycles. The molecule has 0 atom stereocenters. The summed E-state index contributed by atoms with van der Waals surface area (Å²) >= 11 is 5.42. The average molecular weight is 499 g/mol. The maximum atomic E-state index is 13.4. The molecule has 0 bridgehead atoms. The Labute approximate surface area is 207 Å². The Bertz CT molecular complexity index is 1200. The number of benzene rings is 3. The van der Waals surface area contributed by atoms with Gasteiger partial charge in [-0.25, -0.2) is 8.42 Å². The van der Waals surface area contributed by atoms with E-state index in [1.165, 1.54) is 0 Å². The molecule has 3 rings (SSSR count). The molecule has 0 fully saturated rings. The molecule has 180 valence electrons. The predicted molar refractivity (Wildman–Crippen MR) is 143 cm³/mol. The summed E-state index contributed by atoms with van der Waals surface area (Å²) in [6.45, 7) is 5.89. The van der Waals surface area contributed by atoms with Gasteiger partial charge in [0.05, 0.1) is 12.8 Å². The van der Waals surface area contributed by atoms with Crippen LogP contribution in [0.15, 0.2) is 77.7 Å². The first-order chi connectivity index (χ1) is 16.4. The molecule has 34 heavy (non-hydrogen) atoms. The summed E-state index contributed by atoms with van der Waals surface area (Å²) in [6, 6.07) is 21.9. The van der Waals surface area contributed by atoms with Crippen LogP contribution < -0.4 is 25.0 Å². The number of ether oxygens (including phenoxy) is 1. The van der Waals surface area contributed by atoms with Gasteiger partial charge in [0.1, 0.15) is 10.6 Å². The zero-order valence-electron chi connectivity index (χ0n) is 19.5. The van der Waals surface area contributed by atoms with E-state index in [1.807, 2.05) is 55.1 Å². The highest BCUT2D eigenvalue weighted by atomic mass is 32.2. The molecular weight excluding hydrogens is 468 g/mol. The van der Waals surface area contributed by atoms with Crippen LogP contribution in [0.1, 0.15) is 19.4 Å². The predicted octanol–water partition coefficient (Wildman–Crippen LogP) is 4.83. The second-order valence-electron chi connectivity index (χ2n) is 7.48. The minimum Gasteiger partial charge on any atom is -0.497 e. The van der Waals surface area contributed by atoms with Crippen molar-refractivity contribution >= 4 is 44.4 Å². The molecule has 0 unspecified atom stereocenters. The SMILES string of the molecule is CCN(CC)c1ccc(NC(=S)NCc2ccccc2)cc1S(=O)(=O)Nc1ccc(OC)cc1. The van der Waals surface area contributed by atoms with Gasteiger partial charge in [-0.1, -0.05) is 30.3 Å². The van der Waals surface area contributed by atoms with Crippen molar-refractivity contribution < 1.29 is 13.2 Å². The number of anilines is 3. The number of methoxy groups -OCH3 is 1. The van der Waals surface area contributed by atoms with Crippen molar-refractivity contribution in [1.29, 1.82) is 0 Å². The van der Waals surface area contributed by atoms with E-state index in [-0.39, 0.29) is 4.90 Å². The molecule has 3 aromatic carbocycles. The maximum Gasteiger partial charge on any atom is 0.264 e. The van der Waals surface area contributed by atoms with E-state index >= 15 is 0 Å². The van der Waals surface area contributed by atoms with Gasteiger partial charge in [-0.2, -0.15) is 0 Å². The molecule has 7 nitrogen and oxygen atoms in total. The molecule has 0 aliphatic rings. The van der Waals surface area contributed by atoms with Crippen molar-refractivity contribution in [3.63, 3.8) is 0 Å². The van der Waals surface area contributed by atoms with E-state index < -0.39 is 10.0 Å². The molecule has 0 aliphatic carbocycles. The van der Waals surface area contributed by atoms with Crippen molar-refractivity contribution in [3.05, 3.63) is 78.4 Å². The lowest BCUT2D eigenvalue weighted by Crippen LogP contribution is -2.28. The molecule has 0 amide bonds. The molecule has 3 aromatic rings. The summed E-state index contributed by atoms with van der Waals surface area (Å²) < 4.78 is 34.7. The Morgan fingerprint density at radius 3 is 2.21 bits per heavy atom. The number of rotatable bonds is 10. The van der Waals surface area contributed by atoms with Gasteiger partial charge < -0.3 is 20.3 Å². The number of hydrogen-bond acceptors (Lipinski definition) is 5. The van der Waals surface area contributed by atoms with E-state index in [4.69, 9.17) is 17.0 Å². The lowest BCUT2D eigenvalue weighted by atomic mass is 10.2. The van der Waals surface area contributed by atoms with Crippen LogP contribution in [0.25, 0.3) is 0 Å². The van der Waals surface area contributed by atoms with Gasteiger partial charge in [0.25, 0.3) is 10.0 Å². The standard InChI is InChI=1S/C25H30N4O3S2/c1-4-29(5-2)23-16-13-21(27-25(33)26-18-19-9-7-6-8-10-19)17-24(23)34(30,31)28-20-11-14-22(32-3)15-12-20/h6-17,28H,4-5,18H2,1-3H3,(H2,26,27,33). The highest BCUT2D eigenvalue weighted by Crippen LogP contribution is 2.30. The Hall–Kier alpha value is -3.30. The van der Waals surface area contributed by atoms with Gasteiger partial charge >= 0.3 is 0 Å². The molecule has 0 saturated carbocycles. The van der Waals surface area contributed by atoms with Gasteiger partial charge in [0, 0.05) is 31.0 Å². The summed E-state index contributed by atoms with van der Waals surface area (Å²) in [5.41, 5.74) is 2.75. The number of nitrogens with zero attached hydrogens (tertiary/aromatic N) is 1. The van der Waals surface area contributed by atoms with E-state index in [9.17, 15) is 8.42 Å². The molecule has 3 N–H and O–H groups in total. The topological polar surface area (TPSA) is 82.7 Å². The van der Waals surface area contributed by atoms with Crippen molar-refractivity contribution in [2.24, 2.45) is 0 Å². The van der Waals surface area contributed by atoms with E-state index in [2.05, 4.69) is 15.4 Å². The molecule has 9 heteroatoms. The first-order valence-corrected chi connectivity index (χ1v) is 12.9. The van der Waals surface area contributed by atoms with Crippen LogP contribution in [0.4, 0.5) is 17.1 Å². The summed E-state index contributed by atoms with van der Waals surface area (Å²) in [7, 11) is -2.32. The Balaban J connectivity index is 1.85. The minimum absolute atomic E-state index is 0.169. The number of sulfonamides is 1. The number of hydrogen-bond donors (Lipinski definition) is 3. The van der Waals surface area contributed by atoms with Crippen LogP contribution in [0.2, 0.25) is 0 Å². The van der Waals surface area contributed by atoms with Crippen molar-refractivity contribution in [3.8, 4) is 5.75 Å². The minimum atomic E-state index is -3.88. The maximum absolute atomic E-state index is 13.4.